The average Bonchev–Trinajstić information content (AvgIpc) is 2.82. The summed E-state index contributed by atoms with van der Waals surface area (Å²) in [6.07, 6.45) is 1.92. The van der Waals surface area contributed by atoms with E-state index in [1.165, 1.54) is 14.8 Å². The van der Waals surface area contributed by atoms with Gasteiger partial charge in [-0.25, -0.2) is 0 Å². The monoisotopic (exact) mass is 461 g/mol. The van der Waals surface area contributed by atoms with Gasteiger partial charge in [0.1, 0.15) is 0 Å². The maximum absolute atomic E-state index is 4.55. The molecule has 21 heavy (non-hydrogen) atoms. The SMILES string of the molecule is CCNC(Cc1cc(CC)nn1C)c1cc(I)ccc1Br. The second kappa shape index (κ2) is 7.74. The summed E-state index contributed by atoms with van der Waals surface area (Å²) in [5.41, 5.74) is 3.73. The van der Waals surface area contributed by atoms with Gasteiger partial charge in [-0.3, -0.25) is 4.68 Å². The van der Waals surface area contributed by atoms with Crippen molar-refractivity contribution in [2.75, 3.05) is 6.54 Å². The molecule has 1 unspecified atom stereocenters. The minimum atomic E-state index is 0.291. The predicted molar refractivity (Wildman–Crippen MR) is 99.6 cm³/mol. The lowest BCUT2D eigenvalue weighted by molar-refractivity contribution is 0.527. The molecule has 0 spiro atoms. The molecule has 0 bridgehead atoms. The van der Waals surface area contributed by atoms with Crippen molar-refractivity contribution >= 4 is 38.5 Å². The molecule has 1 aromatic heterocycles. The number of likely N-dealkylation sites (N-methyl/N-ethyl adjacent to an activating group) is 1. The summed E-state index contributed by atoms with van der Waals surface area (Å²) < 4.78 is 4.42. The van der Waals surface area contributed by atoms with Gasteiger partial charge in [-0.05, 0) is 65.4 Å². The van der Waals surface area contributed by atoms with Crippen LogP contribution in [0.25, 0.3) is 0 Å². The van der Waals surface area contributed by atoms with E-state index in [4.69, 9.17) is 0 Å². The molecule has 0 aliphatic heterocycles. The minimum Gasteiger partial charge on any atom is -0.310 e. The number of halogens is 2. The third kappa shape index (κ3) is 4.29. The van der Waals surface area contributed by atoms with Crippen LogP contribution in [0.3, 0.4) is 0 Å². The Balaban J connectivity index is 2.30. The predicted octanol–water partition coefficient (Wildman–Crippen LogP) is 4.24. The summed E-state index contributed by atoms with van der Waals surface area (Å²) >= 11 is 6.05. The van der Waals surface area contributed by atoms with Gasteiger partial charge >= 0.3 is 0 Å². The van der Waals surface area contributed by atoms with Gasteiger partial charge in [0.15, 0.2) is 0 Å². The summed E-state index contributed by atoms with van der Waals surface area (Å²) in [4.78, 5) is 0. The van der Waals surface area contributed by atoms with Crippen LogP contribution in [0.2, 0.25) is 0 Å². The van der Waals surface area contributed by atoms with Crippen LogP contribution in [0.4, 0.5) is 0 Å². The zero-order valence-electron chi connectivity index (χ0n) is 12.7. The van der Waals surface area contributed by atoms with Crippen LogP contribution in [0.1, 0.15) is 36.8 Å². The molecule has 0 saturated heterocycles. The lowest BCUT2D eigenvalue weighted by Gasteiger charge is -2.20. The van der Waals surface area contributed by atoms with E-state index < -0.39 is 0 Å². The molecule has 0 fully saturated rings. The summed E-state index contributed by atoms with van der Waals surface area (Å²) in [6.45, 7) is 5.24. The maximum Gasteiger partial charge on any atom is 0.0624 e. The van der Waals surface area contributed by atoms with Gasteiger partial charge in [-0.15, -0.1) is 0 Å². The van der Waals surface area contributed by atoms with Gasteiger partial charge in [0.05, 0.1) is 5.69 Å². The molecule has 5 heteroatoms. The van der Waals surface area contributed by atoms with E-state index in [2.05, 4.69) is 87.0 Å². The lowest BCUT2D eigenvalue weighted by Crippen LogP contribution is -2.24. The first-order valence-electron chi connectivity index (χ1n) is 7.25. The number of nitrogens with zero attached hydrogens (tertiary/aromatic N) is 2. The van der Waals surface area contributed by atoms with Crippen molar-refractivity contribution in [1.29, 1.82) is 0 Å². The Bertz CT molecular complexity index is 610. The number of hydrogen-bond donors (Lipinski definition) is 1. The first-order valence-corrected chi connectivity index (χ1v) is 9.12. The van der Waals surface area contributed by atoms with Crippen LogP contribution >= 0.6 is 38.5 Å². The summed E-state index contributed by atoms with van der Waals surface area (Å²) in [7, 11) is 2.03. The topological polar surface area (TPSA) is 29.9 Å². The summed E-state index contributed by atoms with van der Waals surface area (Å²) in [5.74, 6) is 0. The molecule has 1 N–H and O–H groups in total. The Kier molecular flexibility index (Phi) is 6.25. The highest BCUT2D eigenvalue weighted by atomic mass is 127. The van der Waals surface area contributed by atoms with E-state index in [9.17, 15) is 0 Å². The van der Waals surface area contributed by atoms with Crippen LogP contribution in [0, 0.1) is 3.57 Å². The van der Waals surface area contributed by atoms with Crippen LogP contribution in [0.15, 0.2) is 28.7 Å². The highest BCUT2D eigenvalue weighted by Crippen LogP contribution is 2.28. The molecule has 0 radical (unpaired) electrons. The Hall–Kier alpha value is -0.400. The normalized spacial score (nSPS) is 12.6. The zero-order chi connectivity index (χ0) is 15.4. The van der Waals surface area contributed by atoms with E-state index in [0.29, 0.717) is 6.04 Å². The zero-order valence-corrected chi connectivity index (χ0v) is 16.4. The third-order valence-corrected chi connectivity index (χ3v) is 4.98. The van der Waals surface area contributed by atoms with Gasteiger partial charge in [-0.1, -0.05) is 29.8 Å². The van der Waals surface area contributed by atoms with E-state index >= 15 is 0 Å². The van der Waals surface area contributed by atoms with Gasteiger partial charge < -0.3 is 5.32 Å². The third-order valence-electron chi connectivity index (χ3n) is 3.59. The molecule has 2 rings (SSSR count). The van der Waals surface area contributed by atoms with Crippen LogP contribution in [0.5, 0.6) is 0 Å². The Labute approximate surface area is 148 Å². The fraction of sp³-hybridized carbons (Fsp3) is 0.438. The molecule has 0 saturated carbocycles. The van der Waals surface area contributed by atoms with Crippen molar-refractivity contribution in [3.05, 3.63) is 49.3 Å². The molecule has 1 atom stereocenters. The summed E-state index contributed by atoms with van der Waals surface area (Å²) in [5, 5.41) is 8.15. The number of aryl methyl sites for hydroxylation is 2. The average molecular weight is 462 g/mol. The number of nitrogens with one attached hydrogen (secondary N) is 1. The van der Waals surface area contributed by atoms with E-state index in [0.717, 1.165) is 29.6 Å². The first kappa shape index (κ1) is 17.0. The van der Waals surface area contributed by atoms with Crippen molar-refractivity contribution in [2.24, 2.45) is 7.05 Å². The summed E-state index contributed by atoms with van der Waals surface area (Å²) in [6, 6.07) is 9.00. The molecule has 3 nitrogen and oxygen atoms in total. The molecule has 114 valence electrons. The number of aromatic nitrogens is 2. The van der Waals surface area contributed by atoms with Crippen LogP contribution in [-0.4, -0.2) is 16.3 Å². The molecular formula is C16H21BrIN3. The standard InChI is InChI=1S/C16H21BrIN3/c1-4-12-9-13(21(3)20-12)10-16(19-5-2)14-8-11(18)6-7-15(14)17/h6-9,16,19H,4-5,10H2,1-3H3. The largest absolute Gasteiger partial charge is 0.310 e. The molecule has 1 heterocycles. The Morgan fingerprint density at radius 3 is 2.71 bits per heavy atom. The molecule has 1 aromatic carbocycles. The van der Waals surface area contributed by atoms with Crippen molar-refractivity contribution < 1.29 is 0 Å². The van der Waals surface area contributed by atoms with Crippen molar-refractivity contribution in [1.82, 2.24) is 15.1 Å². The van der Waals surface area contributed by atoms with Crippen molar-refractivity contribution in [3.8, 4) is 0 Å². The molecule has 0 aliphatic carbocycles. The molecule has 2 aromatic rings. The first-order chi connectivity index (χ1) is 10.0. The molecular weight excluding hydrogens is 441 g/mol. The Morgan fingerprint density at radius 1 is 1.33 bits per heavy atom. The number of benzene rings is 1. The van der Waals surface area contributed by atoms with Gasteiger partial charge in [0, 0.05) is 33.2 Å². The van der Waals surface area contributed by atoms with Gasteiger partial charge in [0.2, 0.25) is 0 Å². The highest BCUT2D eigenvalue weighted by molar-refractivity contribution is 14.1. The fourth-order valence-corrected chi connectivity index (χ4v) is 3.50. The Morgan fingerprint density at radius 2 is 2.10 bits per heavy atom. The fourth-order valence-electron chi connectivity index (χ4n) is 2.46. The van der Waals surface area contributed by atoms with Crippen molar-refractivity contribution in [2.45, 2.75) is 32.7 Å². The minimum absolute atomic E-state index is 0.291. The smallest absolute Gasteiger partial charge is 0.0624 e. The number of rotatable bonds is 6. The van der Waals surface area contributed by atoms with Gasteiger partial charge in [-0.2, -0.15) is 5.10 Å². The van der Waals surface area contributed by atoms with E-state index in [1.807, 2.05) is 11.7 Å². The second-order valence-corrected chi connectivity index (χ2v) is 7.18. The molecule has 0 aliphatic rings. The van der Waals surface area contributed by atoms with E-state index in [-0.39, 0.29) is 0 Å². The van der Waals surface area contributed by atoms with E-state index in [1.54, 1.807) is 0 Å². The molecule has 0 amide bonds. The van der Waals surface area contributed by atoms with Crippen molar-refractivity contribution in [3.63, 3.8) is 0 Å². The van der Waals surface area contributed by atoms with Crippen LogP contribution < -0.4 is 5.32 Å². The maximum atomic E-state index is 4.55. The number of hydrogen-bond acceptors (Lipinski definition) is 2. The lowest BCUT2D eigenvalue weighted by atomic mass is 10.0. The van der Waals surface area contributed by atoms with Crippen LogP contribution in [-0.2, 0) is 19.9 Å². The highest BCUT2D eigenvalue weighted by Gasteiger charge is 2.17. The quantitative estimate of drug-likeness (QED) is 0.652. The van der Waals surface area contributed by atoms with Gasteiger partial charge in [0.25, 0.3) is 0 Å². The second-order valence-electron chi connectivity index (χ2n) is 5.08.